The predicted octanol–water partition coefficient (Wildman–Crippen LogP) is 3.40. The van der Waals surface area contributed by atoms with E-state index in [4.69, 9.17) is 0 Å². The fourth-order valence-electron chi connectivity index (χ4n) is 1.64. The largest absolute Gasteiger partial charge is 0.319 e. The van der Waals surface area contributed by atoms with Crippen LogP contribution in [0.5, 0.6) is 0 Å². The first-order valence-electron chi connectivity index (χ1n) is 5.70. The molecule has 0 unspecified atom stereocenters. The van der Waals surface area contributed by atoms with Gasteiger partial charge in [-0.2, -0.15) is 4.39 Å². The molecule has 0 radical (unpaired) electrons. The van der Waals surface area contributed by atoms with Gasteiger partial charge in [0.1, 0.15) is 5.82 Å². The molecule has 5 nitrogen and oxygen atoms in total. The molecule has 0 bridgehead atoms. The topological polar surface area (TPSA) is 72.2 Å². The minimum atomic E-state index is -2.16. The molecular formula is C13H6F4N2O3. The van der Waals surface area contributed by atoms with E-state index in [1.807, 2.05) is 5.32 Å². The lowest BCUT2D eigenvalue weighted by Gasteiger charge is -2.08. The maximum atomic E-state index is 13.6. The van der Waals surface area contributed by atoms with Crippen molar-refractivity contribution >= 4 is 17.3 Å². The number of hydrogen-bond donors (Lipinski definition) is 1. The number of amides is 1. The van der Waals surface area contributed by atoms with Crippen molar-refractivity contribution in [2.75, 3.05) is 5.32 Å². The number of hydrogen-bond acceptors (Lipinski definition) is 3. The van der Waals surface area contributed by atoms with Crippen molar-refractivity contribution < 1.29 is 27.3 Å². The number of nitrogens with zero attached hydrogens (tertiary/aromatic N) is 1. The normalized spacial score (nSPS) is 10.4. The number of anilines is 1. The van der Waals surface area contributed by atoms with Crippen LogP contribution in [0.3, 0.4) is 0 Å². The molecule has 2 aromatic carbocycles. The van der Waals surface area contributed by atoms with Crippen LogP contribution in [-0.4, -0.2) is 10.8 Å². The third-order valence-corrected chi connectivity index (χ3v) is 2.69. The SMILES string of the molecule is O=C(Nc1ccccc1F)c1cc([N+](=O)[O-])c(F)c(F)c1F. The second-order valence-electron chi connectivity index (χ2n) is 4.08. The predicted molar refractivity (Wildman–Crippen MR) is 67.3 cm³/mol. The summed E-state index contributed by atoms with van der Waals surface area (Å²) in [6.45, 7) is 0. The first-order chi connectivity index (χ1) is 10.3. The molecule has 0 atom stereocenters. The summed E-state index contributed by atoms with van der Waals surface area (Å²) >= 11 is 0. The van der Waals surface area contributed by atoms with Crippen LogP contribution in [0.25, 0.3) is 0 Å². The second-order valence-corrected chi connectivity index (χ2v) is 4.08. The maximum absolute atomic E-state index is 13.6. The quantitative estimate of drug-likeness (QED) is 0.408. The van der Waals surface area contributed by atoms with E-state index < -0.39 is 45.4 Å². The number of halogens is 4. The molecule has 0 fully saturated rings. The molecule has 1 N–H and O–H groups in total. The minimum Gasteiger partial charge on any atom is -0.319 e. The van der Waals surface area contributed by atoms with Gasteiger partial charge in [0, 0.05) is 6.07 Å². The number of benzene rings is 2. The van der Waals surface area contributed by atoms with Gasteiger partial charge in [-0.25, -0.2) is 13.2 Å². The molecule has 2 aromatic rings. The highest BCUT2D eigenvalue weighted by molar-refractivity contribution is 6.05. The van der Waals surface area contributed by atoms with Crippen LogP contribution in [0.1, 0.15) is 10.4 Å². The first kappa shape index (κ1) is 15.4. The van der Waals surface area contributed by atoms with Gasteiger partial charge in [0.05, 0.1) is 16.2 Å². The molecule has 0 aliphatic rings. The van der Waals surface area contributed by atoms with E-state index >= 15 is 0 Å². The molecule has 9 heteroatoms. The van der Waals surface area contributed by atoms with Gasteiger partial charge in [-0.15, -0.1) is 0 Å². The Labute approximate surface area is 120 Å². The van der Waals surface area contributed by atoms with Gasteiger partial charge in [-0.05, 0) is 12.1 Å². The number of nitro benzene ring substituents is 1. The third-order valence-electron chi connectivity index (χ3n) is 2.69. The molecule has 0 saturated heterocycles. The van der Waals surface area contributed by atoms with Gasteiger partial charge in [-0.1, -0.05) is 12.1 Å². The Morgan fingerprint density at radius 1 is 1.05 bits per heavy atom. The van der Waals surface area contributed by atoms with Crippen molar-refractivity contribution in [2.45, 2.75) is 0 Å². The van der Waals surface area contributed by atoms with E-state index in [2.05, 4.69) is 0 Å². The highest BCUT2D eigenvalue weighted by Crippen LogP contribution is 2.26. The summed E-state index contributed by atoms with van der Waals surface area (Å²) < 4.78 is 53.4. The minimum absolute atomic E-state index is 0.240. The fourth-order valence-corrected chi connectivity index (χ4v) is 1.64. The monoisotopic (exact) mass is 314 g/mol. The lowest BCUT2D eigenvalue weighted by atomic mass is 10.1. The Kier molecular flexibility index (Phi) is 4.06. The summed E-state index contributed by atoms with van der Waals surface area (Å²) in [7, 11) is 0. The van der Waals surface area contributed by atoms with E-state index in [9.17, 15) is 32.5 Å². The van der Waals surface area contributed by atoms with Crippen LogP contribution in [0.4, 0.5) is 28.9 Å². The third kappa shape index (κ3) is 2.73. The van der Waals surface area contributed by atoms with Crippen LogP contribution < -0.4 is 5.32 Å². The van der Waals surface area contributed by atoms with Crippen LogP contribution in [0.15, 0.2) is 30.3 Å². The van der Waals surface area contributed by atoms with Crippen LogP contribution in [0, 0.1) is 33.4 Å². The Hall–Kier alpha value is -2.97. The fraction of sp³-hybridized carbons (Fsp3) is 0. The van der Waals surface area contributed by atoms with Crippen LogP contribution in [-0.2, 0) is 0 Å². The molecule has 0 aromatic heterocycles. The average molecular weight is 314 g/mol. The van der Waals surface area contributed by atoms with Gasteiger partial charge in [0.2, 0.25) is 11.6 Å². The first-order valence-corrected chi connectivity index (χ1v) is 5.70. The molecule has 0 heterocycles. The van der Waals surface area contributed by atoms with Crippen LogP contribution >= 0.6 is 0 Å². The lowest BCUT2D eigenvalue weighted by Crippen LogP contribution is -2.17. The molecule has 0 aliphatic heterocycles. The van der Waals surface area contributed by atoms with Crippen molar-refractivity contribution in [2.24, 2.45) is 0 Å². The second kappa shape index (κ2) is 5.80. The molecule has 0 spiro atoms. The van der Waals surface area contributed by atoms with Gasteiger partial charge in [-0.3, -0.25) is 14.9 Å². The smallest absolute Gasteiger partial charge is 0.308 e. The van der Waals surface area contributed by atoms with Gasteiger partial charge < -0.3 is 5.32 Å². The van der Waals surface area contributed by atoms with E-state index in [0.717, 1.165) is 12.1 Å². The number of carbonyl (C=O) groups excluding carboxylic acids is 1. The Balaban J connectivity index is 2.46. The summed E-state index contributed by atoms with van der Waals surface area (Å²) in [4.78, 5) is 21.0. The van der Waals surface area contributed by atoms with Crippen molar-refractivity contribution in [3.8, 4) is 0 Å². The number of nitrogens with one attached hydrogen (secondary N) is 1. The zero-order valence-corrected chi connectivity index (χ0v) is 10.6. The maximum Gasteiger partial charge on any atom is 0.308 e. The number of nitro groups is 1. The Morgan fingerprint density at radius 3 is 2.27 bits per heavy atom. The zero-order valence-electron chi connectivity index (χ0n) is 10.6. The summed E-state index contributed by atoms with van der Waals surface area (Å²) in [5.74, 6) is -8.30. The van der Waals surface area contributed by atoms with Crippen molar-refractivity contribution in [1.29, 1.82) is 0 Å². The Bertz CT molecular complexity index is 780. The zero-order chi connectivity index (χ0) is 16.4. The van der Waals surface area contributed by atoms with E-state index in [1.54, 1.807) is 0 Å². The summed E-state index contributed by atoms with van der Waals surface area (Å²) in [6.07, 6.45) is 0. The highest BCUT2D eigenvalue weighted by Gasteiger charge is 2.28. The summed E-state index contributed by atoms with van der Waals surface area (Å²) in [5.41, 5.74) is -2.87. The van der Waals surface area contributed by atoms with Crippen LogP contribution in [0.2, 0.25) is 0 Å². The standard InChI is InChI=1S/C13H6F4N2O3/c14-7-3-1-2-4-8(7)18-13(20)6-5-9(19(21)22)11(16)12(17)10(6)15/h1-5H,(H,18,20). The molecule has 2 rings (SSSR count). The molecular weight excluding hydrogens is 308 g/mol. The molecule has 22 heavy (non-hydrogen) atoms. The Morgan fingerprint density at radius 2 is 1.68 bits per heavy atom. The summed E-state index contributed by atoms with van der Waals surface area (Å²) in [6, 6.07) is 5.07. The van der Waals surface area contributed by atoms with E-state index in [0.29, 0.717) is 0 Å². The lowest BCUT2D eigenvalue weighted by molar-refractivity contribution is -0.387. The number of para-hydroxylation sites is 1. The molecule has 0 aliphatic carbocycles. The van der Waals surface area contributed by atoms with Gasteiger partial charge in [0.25, 0.3) is 5.91 Å². The van der Waals surface area contributed by atoms with Crippen molar-refractivity contribution in [3.05, 3.63) is 69.3 Å². The van der Waals surface area contributed by atoms with Gasteiger partial charge >= 0.3 is 5.69 Å². The van der Waals surface area contributed by atoms with E-state index in [-0.39, 0.29) is 11.8 Å². The van der Waals surface area contributed by atoms with Gasteiger partial charge in [0.15, 0.2) is 5.82 Å². The highest BCUT2D eigenvalue weighted by atomic mass is 19.2. The van der Waals surface area contributed by atoms with Crippen molar-refractivity contribution in [1.82, 2.24) is 0 Å². The number of carbonyl (C=O) groups is 1. The van der Waals surface area contributed by atoms with E-state index in [1.165, 1.54) is 12.1 Å². The average Bonchev–Trinajstić information content (AvgIpc) is 2.47. The number of rotatable bonds is 3. The summed E-state index contributed by atoms with van der Waals surface area (Å²) in [5, 5.41) is 12.5. The molecule has 1 amide bonds. The van der Waals surface area contributed by atoms with Crippen molar-refractivity contribution in [3.63, 3.8) is 0 Å². The molecule has 0 saturated carbocycles. The molecule has 114 valence electrons.